The molecule has 10 nitrogen and oxygen atoms in total. The zero-order chi connectivity index (χ0) is 18.1. The summed E-state index contributed by atoms with van der Waals surface area (Å²) in [7, 11) is -4.71. The van der Waals surface area contributed by atoms with Gasteiger partial charge in [0.05, 0.1) is 19.5 Å². The zero-order valence-corrected chi connectivity index (χ0v) is 14.4. The van der Waals surface area contributed by atoms with Gasteiger partial charge in [0.25, 0.3) is 11.4 Å². The average molecular weight is 466 g/mol. The number of non-ortho nitro benzene ring substituents is 1. The molecule has 2 aromatic rings. The van der Waals surface area contributed by atoms with Crippen molar-refractivity contribution in [2.75, 3.05) is 0 Å². The SMILES string of the molecule is O=[N+]([O-])c1ccc(S(=O)(=O)Oc2c(O)cccc2I)c([N+](=O)[O-])c1. The van der Waals surface area contributed by atoms with E-state index in [2.05, 4.69) is 0 Å². The third-order valence-corrected chi connectivity index (χ3v) is 4.88. The lowest BCUT2D eigenvalue weighted by Crippen LogP contribution is -2.13. The molecule has 24 heavy (non-hydrogen) atoms. The number of aromatic hydroxyl groups is 1. The third kappa shape index (κ3) is 3.53. The molecule has 0 bridgehead atoms. The maximum Gasteiger partial charge on any atom is 0.346 e. The maximum atomic E-state index is 12.3. The zero-order valence-electron chi connectivity index (χ0n) is 11.4. The molecule has 0 aromatic heterocycles. The van der Waals surface area contributed by atoms with Crippen LogP contribution in [-0.4, -0.2) is 23.4 Å². The van der Waals surface area contributed by atoms with Gasteiger partial charge in [-0.2, -0.15) is 8.42 Å². The smallest absolute Gasteiger partial charge is 0.346 e. The molecule has 0 aliphatic carbocycles. The Hall–Kier alpha value is -2.48. The number of phenols is 1. The van der Waals surface area contributed by atoms with Gasteiger partial charge in [-0.3, -0.25) is 20.2 Å². The fourth-order valence-electron chi connectivity index (χ4n) is 1.71. The Kier molecular flexibility index (Phi) is 4.88. The Bertz CT molecular complexity index is 924. The topological polar surface area (TPSA) is 150 Å². The van der Waals surface area contributed by atoms with Crippen molar-refractivity contribution in [1.82, 2.24) is 0 Å². The summed E-state index contributed by atoms with van der Waals surface area (Å²) >= 11 is 1.71. The van der Waals surface area contributed by atoms with Crippen molar-refractivity contribution in [3.8, 4) is 11.5 Å². The average Bonchev–Trinajstić information content (AvgIpc) is 2.50. The Morgan fingerprint density at radius 1 is 1.08 bits per heavy atom. The van der Waals surface area contributed by atoms with Gasteiger partial charge < -0.3 is 9.29 Å². The number of para-hydroxylation sites is 1. The molecule has 0 aliphatic rings. The van der Waals surface area contributed by atoms with Crippen LogP contribution in [0.5, 0.6) is 11.5 Å². The summed E-state index contributed by atoms with van der Waals surface area (Å²) in [4.78, 5) is 18.9. The highest BCUT2D eigenvalue weighted by atomic mass is 127. The number of benzene rings is 2. The first-order valence-corrected chi connectivity index (χ1v) is 8.47. The summed E-state index contributed by atoms with van der Waals surface area (Å²) in [6, 6.07) is 6.11. The number of phenolic OH excluding ortho intramolecular Hbond substituents is 1. The molecule has 0 fully saturated rings. The fourth-order valence-corrected chi connectivity index (χ4v) is 3.56. The number of nitrogens with zero attached hydrogens (tertiary/aromatic N) is 2. The van der Waals surface area contributed by atoms with E-state index in [1.807, 2.05) is 0 Å². The van der Waals surface area contributed by atoms with E-state index < -0.39 is 47.7 Å². The van der Waals surface area contributed by atoms with E-state index in [4.69, 9.17) is 4.18 Å². The third-order valence-electron chi connectivity index (χ3n) is 2.76. The van der Waals surface area contributed by atoms with Gasteiger partial charge in [-0.25, -0.2) is 0 Å². The highest BCUT2D eigenvalue weighted by Crippen LogP contribution is 2.36. The Balaban J connectivity index is 2.57. The van der Waals surface area contributed by atoms with Crippen LogP contribution < -0.4 is 4.18 Å². The van der Waals surface area contributed by atoms with E-state index in [9.17, 15) is 33.8 Å². The largest absolute Gasteiger partial charge is 0.504 e. The number of halogens is 1. The van der Waals surface area contributed by atoms with E-state index in [0.29, 0.717) is 12.1 Å². The predicted octanol–water partition coefficient (Wildman–Crippen LogP) is 2.58. The second-order valence-corrected chi connectivity index (χ2v) is 6.97. The molecule has 0 aliphatic heterocycles. The standard InChI is InChI=1S/C12H7IN2O8S/c13-8-2-1-3-10(16)12(8)23-24(21,22)11-5-4-7(14(17)18)6-9(11)15(19)20/h1-6,16H. The fraction of sp³-hybridized carbons (Fsp3) is 0. The second kappa shape index (κ2) is 6.56. The number of rotatable bonds is 5. The van der Waals surface area contributed by atoms with Crippen LogP contribution in [0.1, 0.15) is 0 Å². The van der Waals surface area contributed by atoms with Crippen LogP contribution in [0.25, 0.3) is 0 Å². The minimum atomic E-state index is -4.71. The summed E-state index contributed by atoms with van der Waals surface area (Å²) < 4.78 is 29.6. The van der Waals surface area contributed by atoms with Gasteiger partial charge in [0.15, 0.2) is 16.4 Å². The second-order valence-electron chi connectivity index (χ2n) is 4.29. The van der Waals surface area contributed by atoms with Gasteiger partial charge in [-0.15, -0.1) is 0 Å². The maximum absolute atomic E-state index is 12.3. The molecule has 0 saturated heterocycles. The van der Waals surface area contributed by atoms with Crippen molar-refractivity contribution in [3.05, 3.63) is 60.2 Å². The molecule has 1 N–H and O–H groups in total. The first-order chi connectivity index (χ1) is 11.1. The number of nitro benzene ring substituents is 2. The van der Waals surface area contributed by atoms with Crippen molar-refractivity contribution in [2.45, 2.75) is 4.90 Å². The Morgan fingerprint density at radius 3 is 2.29 bits per heavy atom. The van der Waals surface area contributed by atoms with Crippen LogP contribution in [-0.2, 0) is 10.1 Å². The van der Waals surface area contributed by atoms with Crippen molar-refractivity contribution < 1.29 is 27.6 Å². The van der Waals surface area contributed by atoms with Crippen molar-refractivity contribution in [3.63, 3.8) is 0 Å². The molecule has 0 saturated carbocycles. The van der Waals surface area contributed by atoms with Gasteiger partial charge >= 0.3 is 10.1 Å². The van der Waals surface area contributed by atoms with Crippen molar-refractivity contribution in [2.24, 2.45) is 0 Å². The van der Waals surface area contributed by atoms with E-state index in [1.54, 1.807) is 22.6 Å². The van der Waals surface area contributed by atoms with Gasteiger partial charge in [-0.05, 0) is 40.8 Å². The molecular weight excluding hydrogens is 459 g/mol. The molecule has 126 valence electrons. The monoisotopic (exact) mass is 466 g/mol. The molecule has 0 amide bonds. The molecule has 0 unspecified atom stereocenters. The molecule has 0 atom stereocenters. The molecule has 0 radical (unpaired) electrons. The van der Waals surface area contributed by atoms with E-state index in [0.717, 1.165) is 6.07 Å². The van der Waals surface area contributed by atoms with E-state index in [1.165, 1.54) is 18.2 Å². The van der Waals surface area contributed by atoms with Gasteiger partial charge in [0, 0.05) is 6.07 Å². The minimum absolute atomic E-state index is 0.251. The van der Waals surface area contributed by atoms with Crippen LogP contribution in [0.3, 0.4) is 0 Å². The lowest BCUT2D eigenvalue weighted by atomic mass is 10.3. The predicted molar refractivity (Wildman–Crippen MR) is 88.4 cm³/mol. The normalized spacial score (nSPS) is 11.0. The Labute approximate surface area is 148 Å². The number of hydrogen-bond acceptors (Lipinski definition) is 8. The lowest BCUT2D eigenvalue weighted by molar-refractivity contribution is -0.396. The van der Waals surface area contributed by atoms with Crippen molar-refractivity contribution >= 4 is 44.1 Å². The summed E-state index contributed by atoms with van der Waals surface area (Å²) in [5.74, 6) is -0.874. The highest BCUT2D eigenvalue weighted by molar-refractivity contribution is 14.1. The Morgan fingerprint density at radius 2 is 1.75 bits per heavy atom. The molecule has 12 heteroatoms. The summed E-state index contributed by atoms with van der Waals surface area (Å²) in [5, 5.41) is 31.4. The lowest BCUT2D eigenvalue weighted by Gasteiger charge is -2.10. The van der Waals surface area contributed by atoms with Gasteiger partial charge in [0.2, 0.25) is 0 Å². The van der Waals surface area contributed by atoms with Crippen molar-refractivity contribution in [1.29, 1.82) is 0 Å². The summed E-state index contributed by atoms with van der Waals surface area (Å²) in [5.41, 5.74) is -1.65. The van der Waals surface area contributed by atoms with Gasteiger partial charge in [-0.1, -0.05) is 6.07 Å². The number of hydrogen-bond donors (Lipinski definition) is 1. The molecule has 0 spiro atoms. The highest BCUT2D eigenvalue weighted by Gasteiger charge is 2.31. The van der Waals surface area contributed by atoms with E-state index >= 15 is 0 Å². The number of nitro groups is 2. The van der Waals surface area contributed by atoms with Crippen LogP contribution in [0, 0.1) is 23.8 Å². The molecule has 0 heterocycles. The van der Waals surface area contributed by atoms with Crippen LogP contribution in [0.15, 0.2) is 41.3 Å². The van der Waals surface area contributed by atoms with Crippen LogP contribution in [0.2, 0.25) is 0 Å². The first-order valence-electron chi connectivity index (χ1n) is 5.98. The summed E-state index contributed by atoms with van der Waals surface area (Å²) in [6.45, 7) is 0. The first kappa shape index (κ1) is 17.9. The minimum Gasteiger partial charge on any atom is -0.504 e. The summed E-state index contributed by atoms with van der Waals surface area (Å²) in [6.07, 6.45) is 0. The van der Waals surface area contributed by atoms with E-state index in [-0.39, 0.29) is 3.57 Å². The molecular formula is C12H7IN2O8S. The van der Waals surface area contributed by atoms with Crippen LogP contribution in [0.4, 0.5) is 11.4 Å². The molecule has 2 rings (SSSR count). The van der Waals surface area contributed by atoms with Gasteiger partial charge in [0.1, 0.15) is 0 Å². The van der Waals surface area contributed by atoms with Crippen LogP contribution >= 0.6 is 22.6 Å². The quantitative estimate of drug-likeness (QED) is 0.306. The molecule has 2 aromatic carbocycles.